The zero-order chi connectivity index (χ0) is 12.3. The van der Waals surface area contributed by atoms with Crippen molar-refractivity contribution < 1.29 is 14.6 Å². The second-order valence-electron chi connectivity index (χ2n) is 3.51. The summed E-state index contributed by atoms with van der Waals surface area (Å²) >= 11 is 0. The summed E-state index contributed by atoms with van der Waals surface area (Å²) in [6.07, 6.45) is -1.31. The summed E-state index contributed by atoms with van der Waals surface area (Å²) in [6, 6.07) is 14.3. The van der Waals surface area contributed by atoms with Crippen LogP contribution in [0.25, 0.3) is 11.1 Å². The quantitative estimate of drug-likeness (QED) is 0.471. The number of hydrogen-bond acceptors (Lipinski definition) is 3. The Morgan fingerprint density at radius 1 is 0.941 bits per heavy atom. The minimum Gasteiger partial charge on any atom is -0.449 e. The largest absolute Gasteiger partial charge is 0.511 e. The molecule has 0 heterocycles. The van der Waals surface area contributed by atoms with Crippen LogP contribution in [0.15, 0.2) is 48.5 Å². The molecule has 2 rings (SSSR count). The summed E-state index contributed by atoms with van der Waals surface area (Å²) in [7, 11) is 0. The lowest BCUT2D eigenvalue weighted by Crippen LogP contribution is -2.02. The monoisotopic (exact) mass is 229 g/mol. The molecule has 2 aromatic rings. The maximum absolute atomic E-state index is 10.3. The van der Waals surface area contributed by atoms with Gasteiger partial charge >= 0.3 is 6.16 Å². The maximum Gasteiger partial charge on any atom is 0.511 e. The fraction of sp³-hybridized carbons (Fsp3) is 0. The van der Waals surface area contributed by atoms with E-state index in [9.17, 15) is 4.79 Å². The third-order valence-electron chi connectivity index (χ3n) is 2.30. The lowest BCUT2D eigenvalue weighted by atomic mass is 10.1. The Balaban J connectivity index is 2.23. The summed E-state index contributed by atoms with van der Waals surface area (Å²) < 4.78 is 4.52. The average molecular weight is 229 g/mol. The molecule has 0 amide bonds. The Morgan fingerprint density at radius 2 is 1.41 bits per heavy atom. The van der Waals surface area contributed by atoms with Gasteiger partial charge in [0.15, 0.2) is 0 Å². The van der Waals surface area contributed by atoms with Crippen LogP contribution in [0.2, 0.25) is 0 Å². The Bertz CT molecular complexity index is 517. The van der Waals surface area contributed by atoms with E-state index in [1.54, 1.807) is 24.3 Å². The number of benzene rings is 2. The van der Waals surface area contributed by atoms with Crippen LogP contribution >= 0.6 is 0 Å². The van der Waals surface area contributed by atoms with Crippen molar-refractivity contribution in [3.05, 3.63) is 48.5 Å². The van der Waals surface area contributed by atoms with Gasteiger partial charge in [-0.1, -0.05) is 24.3 Å². The highest BCUT2D eigenvalue weighted by Crippen LogP contribution is 2.23. The van der Waals surface area contributed by atoms with Crippen LogP contribution in [0.4, 0.5) is 10.5 Å². The molecule has 0 fully saturated rings. The molecular weight excluding hydrogens is 218 g/mol. The van der Waals surface area contributed by atoms with E-state index in [1.807, 2.05) is 24.3 Å². The summed E-state index contributed by atoms with van der Waals surface area (Å²) in [6.45, 7) is 0. The van der Waals surface area contributed by atoms with E-state index >= 15 is 0 Å². The SMILES string of the molecule is Nc1ccc(-c2ccc(OC(=O)O)cc2)cc1. The van der Waals surface area contributed by atoms with Crippen LogP contribution in [0.5, 0.6) is 5.75 Å². The van der Waals surface area contributed by atoms with Gasteiger partial charge in [0.05, 0.1) is 0 Å². The molecule has 0 aromatic heterocycles. The van der Waals surface area contributed by atoms with E-state index in [1.165, 1.54) is 0 Å². The van der Waals surface area contributed by atoms with Gasteiger partial charge in [-0.25, -0.2) is 4.79 Å². The summed E-state index contributed by atoms with van der Waals surface area (Å²) in [4.78, 5) is 10.3. The van der Waals surface area contributed by atoms with Gasteiger partial charge in [-0.05, 0) is 35.4 Å². The van der Waals surface area contributed by atoms with Crippen molar-refractivity contribution in [1.29, 1.82) is 0 Å². The smallest absolute Gasteiger partial charge is 0.449 e. The van der Waals surface area contributed by atoms with E-state index in [0.717, 1.165) is 11.1 Å². The predicted molar refractivity (Wildman–Crippen MR) is 64.9 cm³/mol. The van der Waals surface area contributed by atoms with Gasteiger partial charge in [-0.15, -0.1) is 0 Å². The summed E-state index contributed by atoms with van der Waals surface area (Å²) in [5.41, 5.74) is 8.30. The third kappa shape index (κ3) is 2.75. The first-order valence-electron chi connectivity index (χ1n) is 5.02. The Morgan fingerprint density at radius 3 is 1.88 bits per heavy atom. The Hall–Kier alpha value is -2.49. The molecule has 0 spiro atoms. The number of hydrogen-bond donors (Lipinski definition) is 2. The highest BCUT2D eigenvalue weighted by atomic mass is 16.7. The van der Waals surface area contributed by atoms with Crippen molar-refractivity contribution in [2.45, 2.75) is 0 Å². The minimum atomic E-state index is -1.31. The molecule has 0 saturated carbocycles. The molecule has 0 aliphatic carbocycles. The topological polar surface area (TPSA) is 72.5 Å². The molecule has 0 aliphatic heterocycles. The zero-order valence-electron chi connectivity index (χ0n) is 8.96. The second kappa shape index (κ2) is 4.57. The van der Waals surface area contributed by atoms with Crippen molar-refractivity contribution in [1.82, 2.24) is 0 Å². The van der Waals surface area contributed by atoms with E-state index in [0.29, 0.717) is 11.4 Å². The number of nitrogen functional groups attached to an aromatic ring is 1. The first-order valence-corrected chi connectivity index (χ1v) is 5.02. The fourth-order valence-corrected chi connectivity index (χ4v) is 1.49. The second-order valence-corrected chi connectivity index (χ2v) is 3.51. The molecule has 0 radical (unpaired) electrons. The molecule has 4 nitrogen and oxygen atoms in total. The molecule has 0 bridgehead atoms. The lowest BCUT2D eigenvalue weighted by molar-refractivity contribution is 0.144. The van der Waals surface area contributed by atoms with Crippen LogP contribution in [0.1, 0.15) is 0 Å². The van der Waals surface area contributed by atoms with Gasteiger partial charge in [-0.3, -0.25) is 0 Å². The van der Waals surface area contributed by atoms with Crippen LogP contribution in [0.3, 0.4) is 0 Å². The van der Waals surface area contributed by atoms with Gasteiger partial charge in [0.2, 0.25) is 0 Å². The number of rotatable bonds is 2. The van der Waals surface area contributed by atoms with Crippen molar-refractivity contribution in [2.75, 3.05) is 5.73 Å². The van der Waals surface area contributed by atoms with Crippen LogP contribution in [0, 0.1) is 0 Å². The molecule has 86 valence electrons. The number of carbonyl (C=O) groups is 1. The average Bonchev–Trinajstić information content (AvgIpc) is 2.30. The highest BCUT2D eigenvalue weighted by Gasteiger charge is 2.01. The minimum absolute atomic E-state index is 0.302. The standard InChI is InChI=1S/C13H11NO3/c14-11-5-1-9(2-6-11)10-3-7-12(8-4-10)17-13(15)16/h1-8H,14H2,(H,15,16). The Kier molecular flexibility index (Phi) is 2.96. The van der Waals surface area contributed by atoms with Gasteiger partial charge in [0.25, 0.3) is 0 Å². The first kappa shape index (κ1) is 11.0. The summed E-state index contributed by atoms with van der Waals surface area (Å²) in [5.74, 6) is 0.302. The molecule has 0 saturated heterocycles. The van der Waals surface area contributed by atoms with Crippen molar-refractivity contribution in [3.63, 3.8) is 0 Å². The molecule has 3 N–H and O–H groups in total. The maximum atomic E-state index is 10.3. The zero-order valence-corrected chi connectivity index (χ0v) is 8.96. The van der Waals surface area contributed by atoms with E-state index in [-0.39, 0.29) is 0 Å². The molecule has 0 atom stereocenters. The van der Waals surface area contributed by atoms with Crippen LogP contribution in [-0.4, -0.2) is 11.3 Å². The molecule has 0 unspecified atom stereocenters. The van der Waals surface area contributed by atoms with E-state index < -0.39 is 6.16 Å². The molecule has 2 aromatic carbocycles. The number of carboxylic acid groups (broad SMARTS) is 1. The molecule has 0 aliphatic rings. The van der Waals surface area contributed by atoms with E-state index in [2.05, 4.69) is 4.74 Å². The van der Waals surface area contributed by atoms with Crippen molar-refractivity contribution >= 4 is 11.8 Å². The number of anilines is 1. The highest BCUT2D eigenvalue weighted by molar-refractivity contribution is 5.67. The molecule has 4 heteroatoms. The fourth-order valence-electron chi connectivity index (χ4n) is 1.49. The Labute approximate surface area is 98.3 Å². The van der Waals surface area contributed by atoms with E-state index in [4.69, 9.17) is 10.8 Å². The lowest BCUT2D eigenvalue weighted by Gasteiger charge is -2.04. The van der Waals surface area contributed by atoms with Gasteiger partial charge in [-0.2, -0.15) is 0 Å². The molecular formula is C13H11NO3. The normalized spacial score (nSPS) is 9.88. The van der Waals surface area contributed by atoms with Crippen LogP contribution < -0.4 is 10.5 Å². The van der Waals surface area contributed by atoms with Gasteiger partial charge < -0.3 is 15.6 Å². The van der Waals surface area contributed by atoms with Crippen molar-refractivity contribution in [2.24, 2.45) is 0 Å². The number of ether oxygens (including phenoxy) is 1. The molecule has 17 heavy (non-hydrogen) atoms. The summed E-state index contributed by atoms with van der Waals surface area (Å²) in [5, 5.41) is 8.45. The number of nitrogens with two attached hydrogens (primary N) is 1. The third-order valence-corrected chi connectivity index (χ3v) is 2.30. The van der Waals surface area contributed by atoms with Crippen LogP contribution in [-0.2, 0) is 0 Å². The van der Waals surface area contributed by atoms with Crippen molar-refractivity contribution in [3.8, 4) is 16.9 Å². The predicted octanol–water partition coefficient (Wildman–Crippen LogP) is 2.99. The van der Waals surface area contributed by atoms with Gasteiger partial charge in [0, 0.05) is 5.69 Å². The first-order chi connectivity index (χ1) is 8.15. The van der Waals surface area contributed by atoms with Gasteiger partial charge in [0.1, 0.15) is 5.75 Å².